The second-order valence-corrected chi connectivity index (χ2v) is 6.75. The minimum absolute atomic E-state index is 0.147. The minimum Gasteiger partial charge on any atom is -0.305 e. The average molecular weight is 355 g/mol. The summed E-state index contributed by atoms with van der Waals surface area (Å²) in [5.41, 5.74) is 2.82. The van der Waals surface area contributed by atoms with E-state index in [-0.39, 0.29) is 5.91 Å². The van der Waals surface area contributed by atoms with E-state index in [0.717, 1.165) is 28.1 Å². The molecule has 0 fully saturated rings. The molecule has 2 heterocycles. The SMILES string of the molecule is CCc1sc(NC(=O)C(NC)c2cnn(C)c2)nc1-c1ccccc1. The van der Waals surface area contributed by atoms with Crippen LogP contribution in [0.4, 0.5) is 5.13 Å². The van der Waals surface area contributed by atoms with Gasteiger partial charge in [-0.15, -0.1) is 11.3 Å². The summed E-state index contributed by atoms with van der Waals surface area (Å²) >= 11 is 1.52. The van der Waals surface area contributed by atoms with Crippen molar-refractivity contribution in [3.8, 4) is 11.3 Å². The predicted octanol–water partition coefficient (Wildman–Crippen LogP) is 3.01. The number of rotatable bonds is 6. The normalized spacial score (nSPS) is 12.1. The fourth-order valence-corrected chi connectivity index (χ4v) is 3.61. The van der Waals surface area contributed by atoms with E-state index in [2.05, 4.69) is 27.6 Å². The van der Waals surface area contributed by atoms with Crippen LogP contribution in [0.2, 0.25) is 0 Å². The van der Waals surface area contributed by atoms with Crippen molar-refractivity contribution in [2.75, 3.05) is 12.4 Å². The molecule has 0 saturated carbocycles. The highest BCUT2D eigenvalue weighted by molar-refractivity contribution is 7.16. The summed E-state index contributed by atoms with van der Waals surface area (Å²) < 4.78 is 1.68. The largest absolute Gasteiger partial charge is 0.305 e. The van der Waals surface area contributed by atoms with Gasteiger partial charge >= 0.3 is 0 Å². The Labute approximate surface area is 150 Å². The zero-order valence-electron chi connectivity index (χ0n) is 14.5. The van der Waals surface area contributed by atoms with Gasteiger partial charge in [-0.1, -0.05) is 37.3 Å². The molecular weight excluding hydrogens is 334 g/mol. The van der Waals surface area contributed by atoms with Gasteiger partial charge in [-0.2, -0.15) is 5.10 Å². The van der Waals surface area contributed by atoms with Gasteiger partial charge in [0.25, 0.3) is 0 Å². The maximum absolute atomic E-state index is 12.7. The number of thiazole rings is 1. The van der Waals surface area contributed by atoms with Gasteiger partial charge in [0.1, 0.15) is 6.04 Å². The minimum atomic E-state index is -0.470. The van der Waals surface area contributed by atoms with E-state index in [9.17, 15) is 4.79 Å². The van der Waals surface area contributed by atoms with Crippen LogP contribution in [-0.2, 0) is 18.3 Å². The molecule has 0 aliphatic carbocycles. The Morgan fingerprint density at radius 1 is 1.32 bits per heavy atom. The number of nitrogens with zero attached hydrogens (tertiary/aromatic N) is 3. The van der Waals surface area contributed by atoms with Gasteiger partial charge < -0.3 is 10.6 Å². The molecule has 0 saturated heterocycles. The number of carbonyl (C=O) groups excluding carboxylic acids is 1. The second-order valence-electron chi connectivity index (χ2n) is 5.67. The van der Waals surface area contributed by atoms with Crippen LogP contribution >= 0.6 is 11.3 Å². The molecule has 2 aromatic heterocycles. The van der Waals surface area contributed by atoms with Crippen LogP contribution in [0.3, 0.4) is 0 Å². The number of aromatic nitrogens is 3. The first-order chi connectivity index (χ1) is 12.1. The summed E-state index contributed by atoms with van der Waals surface area (Å²) in [4.78, 5) is 18.5. The average Bonchev–Trinajstić information content (AvgIpc) is 3.22. The first-order valence-corrected chi connectivity index (χ1v) is 8.95. The van der Waals surface area contributed by atoms with E-state index >= 15 is 0 Å². The second kappa shape index (κ2) is 7.58. The monoisotopic (exact) mass is 355 g/mol. The molecule has 1 atom stereocenters. The molecule has 0 aliphatic heterocycles. The quantitative estimate of drug-likeness (QED) is 0.713. The zero-order chi connectivity index (χ0) is 17.8. The van der Waals surface area contributed by atoms with Crippen LogP contribution in [0, 0.1) is 0 Å². The highest BCUT2D eigenvalue weighted by Gasteiger charge is 2.22. The van der Waals surface area contributed by atoms with Crippen molar-refractivity contribution in [2.45, 2.75) is 19.4 Å². The smallest absolute Gasteiger partial charge is 0.247 e. The lowest BCUT2D eigenvalue weighted by atomic mass is 10.1. The number of nitrogens with one attached hydrogen (secondary N) is 2. The number of hydrogen-bond donors (Lipinski definition) is 2. The molecular formula is C18H21N5OS. The Morgan fingerprint density at radius 2 is 2.08 bits per heavy atom. The molecule has 130 valence electrons. The number of anilines is 1. The van der Waals surface area contributed by atoms with E-state index in [1.807, 2.05) is 43.6 Å². The van der Waals surface area contributed by atoms with Crippen LogP contribution < -0.4 is 10.6 Å². The standard InChI is InChI=1S/C18H21N5OS/c1-4-14-15(12-8-6-5-7-9-12)21-18(25-14)22-17(24)16(19-2)13-10-20-23(3)11-13/h5-11,16,19H,4H2,1-3H3,(H,21,22,24). The van der Waals surface area contributed by atoms with Crippen molar-refractivity contribution in [1.82, 2.24) is 20.1 Å². The summed E-state index contributed by atoms with van der Waals surface area (Å²) in [7, 11) is 3.58. The molecule has 1 amide bonds. The first-order valence-electron chi connectivity index (χ1n) is 8.14. The molecule has 25 heavy (non-hydrogen) atoms. The van der Waals surface area contributed by atoms with Gasteiger partial charge in [0.05, 0.1) is 11.9 Å². The third-order valence-electron chi connectivity index (χ3n) is 3.90. The van der Waals surface area contributed by atoms with E-state index in [0.29, 0.717) is 5.13 Å². The Morgan fingerprint density at radius 3 is 2.68 bits per heavy atom. The van der Waals surface area contributed by atoms with Crippen LogP contribution in [-0.4, -0.2) is 27.7 Å². The van der Waals surface area contributed by atoms with Gasteiger partial charge in [0, 0.05) is 29.2 Å². The van der Waals surface area contributed by atoms with Crippen molar-refractivity contribution < 1.29 is 4.79 Å². The molecule has 0 bridgehead atoms. The molecule has 1 unspecified atom stereocenters. The molecule has 6 nitrogen and oxygen atoms in total. The Bertz CT molecular complexity index is 855. The lowest BCUT2D eigenvalue weighted by Gasteiger charge is -2.12. The summed E-state index contributed by atoms with van der Waals surface area (Å²) in [5.74, 6) is -0.147. The van der Waals surface area contributed by atoms with Crippen molar-refractivity contribution in [3.63, 3.8) is 0 Å². The number of hydrogen-bond acceptors (Lipinski definition) is 5. The van der Waals surface area contributed by atoms with Gasteiger partial charge in [-0.25, -0.2) is 4.98 Å². The van der Waals surface area contributed by atoms with E-state index in [1.165, 1.54) is 11.3 Å². The highest BCUT2D eigenvalue weighted by Crippen LogP contribution is 2.31. The van der Waals surface area contributed by atoms with Crippen molar-refractivity contribution in [2.24, 2.45) is 7.05 Å². The molecule has 2 N–H and O–H groups in total. The fourth-order valence-electron chi connectivity index (χ4n) is 2.68. The molecule has 0 radical (unpaired) electrons. The molecule has 0 spiro atoms. The Hall–Kier alpha value is -2.51. The van der Waals surface area contributed by atoms with E-state index in [4.69, 9.17) is 0 Å². The molecule has 1 aromatic carbocycles. The van der Waals surface area contributed by atoms with Crippen LogP contribution in [0.15, 0.2) is 42.7 Å². The summed E-state index contributed by atoms with van der Waals surface area (Å²) in [6, 6.07) is 9.56. The molecule has 0 aliphatic rings. The molecule has 7 heteroatoms. The van der Waals surface area contributed by atoms with Gasteiger partial charge in [-0.05, 0) is 13.5 Å². The molecule has 3 rings (SSSR count). The number of amides is 1. The summed E-state index contributed by atoms with van der Waals surface area (Å²) in [6.07, 6.45) is 4.39. The van der Waals surface area contributed by atoms with Crippen LogP contribution in [0.5, 0.6) is 0 Å². The van der Waals surface area contributed by atoms with E-state index < -0.39 is 6.04 Å². The zero-order valence-corrected chi connectivity index (χ0v) is 15.3. The number of carbonyl (C=O) groups is 1. The number of benzene rings is 1. The Balaban J connectivity index is 1.83. The van der Waals surface area contributed by atoms with Crippen molar-refractivity contribution in [1.29, 1.82) is 0 Å². The maximum Gasteiger partial charge on any atom is 0.247 e. The third-order valence-corrected chi connectivity index (χ3v) is 5.02. The van der Waals surface area contributed by atoms with Crippen molar-refractivity contribution >= 4 is 22.4 Å². The fraction of sp³-hybridized carbons (Fsp3) is 0.278. The van der Waals surface area contributed by atoms with Crippen LogP contribution in [0.25, 0.3) is 11.3 Å². The maximum atomic E-state index is 12.7. The summed E-state index contributed by atoms with van der Waals surface area (Å²) in [5, 5.41) is 10.7. The van der Waals surface area contributed by atoms with Crippen molar-refractivity contribution in [3.05, 3.63) is 53.2 Å². The predicted molar refractivity (Wildman–Crippen MR) is 101 cm³/mol. The van der Waals surface area contributed by atoms with Gasteiger partial charge in [0.2, 0.25) is 5.91 Å². The first kappa shape index (κ1) is 17.3. The highest BCUT2D eigenvalue weighted by atomic mass is 32.1. The number of aryl methyl sites for hydroxylation is 2. The van der Waals surface area contributed by atoms with Crippen LogP contribution in [0.1, 0.15) is 23.4 Å². The molecule has 3 aromatic rings. The Kier molecular flexibility index (Phi) is 5.25. The third kappa shape index (κ3) is 3.78. The number of likely N-dealkylation sites (N-methyl/N-ethyl adjacent to an activating group) is 1. The van der Waals surface area contributed by atoms with Gasteiger partial charge in [0.15, 0.2) is 5.13 Å². The summed E-state index contributed by atoms with van der Waals surface area (Å²) in [6.45, 7) is 2.09. The lowest BCUT2D eigenvalue weighted by molar-refractivity contribution is -0.118. The lowest BCUT2D eigenvalue weighted by Crippen LogP contribution is -2.30. The van der Waals surface area contributed by atoms with E-state index in [1.54, 1.807) is 17.9 Å². The van der Waals surface area contributed by atoms with Gasteiger partial charge in [-0.3, -0.25) is 9.48 Å². The topological polar surface area (TPSA) is 71.8 Å².